The minimum Gasteiger partial charge on any atom is -0.299 e. The summed E-state index contributed by atoms with van der Waals surface area (Å²) >= 11 is 0. The van der Waals surface area contributed by atoms with Crippen molar-refractivity contribution in [3.8, 4) is 0 Å². The Morgan fingerprint density at radius 3 is 2.50 bits per heavy atom. The molecule has 0 radical (unpaired) electrons. The van der Waals surface area contributed by atoms with E-state index in [1.54, 1.807) is 0 Å². The average molecular weight is 333 g/mol. The van der Waals surface area contributed by atoms with Crippen molar-refractivity contribution in [1.29, 1.82) is 0 Å². The summed E-state index contributed by atoms with van der Waals surface area (Å²) in [5.41, 5.74) is 0. The predicted molar refractivity (Wildman–Crippen MR) is 102 cm³/mol. The van der Waals surface area contributed by atoms with Crippen LogP contribution in [0.25, 0.3) is 0 Å². The molecule has 138 valence electrons. The molecule has 0 bridgehead atoms. The van der Waals surface area contributed by atoms with E-state index in [-0.39, 0.29) is 0 Å². The van der Waals surface area contributed by atoms with Gasteiger partial charge in [-0.25, -0.2) is 0 Å². The number of unbranched alkanes of at least 4 members (excludes halogenated alkanes) is 1. The van der Waals surface area contributed by atoms with Gasteiger partial charge in [-0.15, -0.1) is 0 Å². The molecule has 24 heavy (non-hydrogen) atoms. The number of carbonyl (C=O) groups excluding carboxylic acids is 1. The Hall–Kier alpha value is -0.330. The first kappa shape index (κ1) is 18.5. The molecule has 0 aromatic rings. The Kier molecular flexibility index (Phi) is 7.22. The number of fused-ring (bicyclic) bond motifs is 1. The molecule has 3 fully saturated rings. The Morgan fingerprint density at radius 1 is 0.792 bits per heavy atom. The Morgan fingerprint density at radius 2 is 1.58 bits per heavy atom. The van der Waals surface area contributed by atoms with Crippen LogP contribution < -0.4 is 0 Å². The fraction of sp³-hybridized carbons (Fsp3) is 0.957. The summed E-state index contributed by atoms with van der Waals surface area (Å²) < 4.78 is 0. The van der Waals surface area contributed by atoms with Gasteiger partial charge in [0.25, 0.3) is 0 Å². The summed E-state index contributed by atoms with van der Waals surface area (Å²) in [4.78, 5) is 12.5. The van der Waals surface area contributed by atoms with Gasteiger partial charge in [0.2, 0.25) is 0 Å². The normalized spacial score (nSPS) is 37.5. The first-order chi connectivity index (χ1) is 11.7. The lowest BCUT2D eigenvalue weighted by Gasteiger charge is -2.41. The number of hydrogen-bond donors (Lipinski definition) is 0. The van der Waals surface area contributed by atoms with Gasteiger partial charge in [-0.3, -0.25) is 4.79 Å². The smallest absolute Gasteiger partial charge is 0.135 e. The van der Waals surface area contributed by atoms with E-state index in [4.69, 9.17) is 0 Å². The summed E-state index contributed by atoms with van der Waals surface area (Å²) in [5, 5.41) is 0. The maximum Gasteiger partial charge on any atom is 0.135 e. The van der Waals surface area contributed by atoms with Crippen LogP contribution >= 0.6 is 0 Å². The van der Waals surface area contributed by atoms with Crippen molar-refractivity contribution in [2.45, 2.75) is 110 Å². The highest BCUT2D eigenvalue weighted by molar-refractivity contribution is 5.80. The molecule has 0 saturated heterocycles. The summed E-state index contributed by atoms with van der Waals surface area (Å²) in [5.74, 6) is 4.96. The summed E-state index contributed by atoms with van der Waals surface area (Å²) in [6.45, 7) is 2.36. The summed E-state index contributed by atoms with van der Waals surface area (Å²) in [7, 11) is 0. The van der Waals surface area contributed by atoms with Crippen molar-refractivity contribution in [3.05, 3.63) is 0 Å². The topological polar surface area (TPSA) is 17.1 Å². The lowest BCUT2D eigenvalue weighted by Crippen LogP contribution is -2.31. The molecule has 3 aliphatic rings. The fourth-order valence-corrected chi connectivity index (χ4v) is 6.15. The number of rotatable bonds is 6. The quantitative estimate of drug-likeness (QED) is 0.380. The maximum absolute atomic E-state index is 12.5. The lowest BCUT2D eigenvalue weighted by atomic mass is 9.64. The number of ketones is 1. The Labute approximate surface area is 150 Å². The SMILES string of the molecule is CC1CCCC(C(=O)CCCCC2CCCC3CCCCC23)CC1. The van der Waals surface area contributed by atoms with Crippen LogP contribution in [0.3, 0.4) is 0 Å². The molecular formula is C23H40O. The van der Waals surface area contributed by atoms with Gasteiger partial charge in [0.15, 0.2) is 0 Å². The van der Waals surface area contributed by atoms with Crippen LogP contribution in [-0.2, 0) is 4.79 Å². The van der Waals surface area contributed by atoms with Crippen molar-refractivity contribution in [1.82, 2.24) is 0 Å². The second-order valence-electron chi connectivity index (χ2n) is 9.42. The summed E-state index contributed by atoms with van der Waals surface area (Å²) in [6, 6.07) is 0. The maximum atomic E-state index is 12.5. The third-order valence-electron chi connectivity index (χ3n) is 7.68. The third kappa shape index (κ3) is 5.09. The highest BCUT2D eigenvalue weighted by Crippen LogP contribution is 2.45. The van der Waals surface area contributed by atoms with Gasteiger partial charge in [0.05, 0.1) is 0 Å². The standard InChI is InChI=1S/C23H40O/c1-18-8-6-13-21(17-16-18)23(24)15-5-3-10-20-12-7-11-19-9-2-4-14-22(19)20/h18-22H,2-17H2,1H3. The highest BCUT2D eigenvalue weighted by atomic mass is 16.1. The second-order valence-corrected chi connectivity index (χ2v) is 9.42. The van der Waals surface area contributed by atoms with Gasteiger partial charge in [0.1, 0.15) is 5.78 Å². The molecule has 3 saturated carbocycles. The van der Waals surface area contributed by atoms with E-state index in [0.29, 0.717) is 11.7 Å². The third-order valence-corrected chi connectivity index (χ3v) is 7.68. The van der Waals surface area contributed by atoms with Crippen LogP contribution in [0.5, 0.6) is 0 Å². The molecule has 5 unspecified atom stereocenters. The Balaban J connectivity index is 1.35. The van der Waals surface area contributed by atoms with Gasteiger partial charge < -0.3 is 0 Å². The molecule has 0 heterocycles. The van der Waals surface area contributed by atoms with Crippen molar-refractivity contribution >= 4 is 5.78 Å². The molecule has 0 amide bonds. The van der Waals surface area contributed by atoms with E-state index in [1.807, 2.05) is 0 Å². The number of hydrogen-bond acceptors (Lipinski definition) is 1. The lowest BCUT2D eigenvalue weighted by molar-refractivity contribution is -0.123. The van der Waals surface area contributed by atoms with Crippen LogP contribution in [0, 0.1) is 29.6 Å². The molecular weight excluding hydrogens is 292 g/mol. The van der Waals surface area contributed by atoms with Gasteiger partial charge >= 0.3 is 0 Å². The van der Waals surface area contributed by atoms with E-state index in [0.717, 1.165) is 30.1 Å². The number of carbonyl (C=O) groups is 1. The van der Waals surface area contributed by atoms with E-state index in [1.165, 1.54) is 96.3 Å². The largest absolute Gasteiger partial charge is 0.299 e. The molecule has 0 N–H and O–H groups in total. The minimum atomic E-state index is 0.410. The zero-order chi connectivity index (χ0) is 16.8. The monoisotopic (exact) mass is 332 g/mol. The fourth-order valence-electron chi connectivity index (χ4n) is 6.15. The number of Topliss-reactive ketones (excluding diaryl/α,β-unsaturated/α-hetero) is 1. The molecule has 1 nitrogen and oxygen atoms in total. The first-order valence-electron chi connectivity index (χ1n) is 11.3. The van der Waals surface area contributed by atoms with Gasteiger partial charge in [-0.1, -0.05) is 77.6 Å². The minimum absolute atomic E-state index is 0.410. The molecule has 3 aliphatic carbocycles. The van der Waals surface area contributed by atoms with E-state index in [2.05, 4.69) is 6.92 Å². The van der Waals surface area contributed by atoms with E-state index in [9.17, 15) is 4.79 Å². The molecule has 0 aromatic heterocycles. The predicted octanol–water partition coefficient (Wildman–Crippen LogP) is 6.94. The highest BCUT2D eigenvalue weighted by Gasteiger charge is 2.34. The van der Waals surface area contributed by atoms with Gasteiger partial charge in [-0.2, -0.15) is 0 Å². The van der Waals surface area contributed by atoms with Crippen molar-refractivity contribution in [2.24, 2.45) is 29.6 Å². The molecule has 3 rings (SSSR count). The zero-order valence-electron chi connectivity index (χ0n) is 16.1. The average Bonchev–Trinajstić information content (AvgIpc) is 2.83. The van der Waals surface area contributed by atoms with Crippen LogP contribution in [0.2, 0.25) is 0 Å². The van der Waals surface area contributed by atoms with Crippen molar-refractivity contribution < 1.29 is 4.79 Å². The van der Waals surface area contributed by atoms with Crippen LogP contribution in [-0.4, -0.2) is 5.78 Å². The van der Waals surface area contributed by atoms with Crippen LogP contribution in [0.1, 0.15) is 110 Å². The molecule has 5 atom stereocenters. The molecule has 0 aliphatic heterocycles. The van der Waals surface area contributed by atoms with Gasteiger partial charge in [-0.05, 0) is 49.4 Å². The first-order valence-corrected chi connectivity index (χ1v) is 11.3. The van der Waals surface area contributed by atoms with Crippen molar-refractivity contribution in [3.63, 3.8) is 0 Å². The van der Waals surface area contributed by atoms with E-state index < -0.39 is 0 Å². The van der Waals surface area contributed by atoms with Crippen LogP contribution in [0.15, 0.2) is 0 Å². The molecule has 0 aromatic carbocycles. The molecule has 0 spiro atoms. The van der Waals surface area contributed by atoms with Gasteiger partial charge in [0, 0.05) is 12.3 Å². The summed E-state index contributed by atoms with van der Waals surface area (Å²) in [6.07, 6.45) is 21.5. The Bertz CT molecular complexity index is 385. The zero-order valence-corrected chi connectivity index (χ0v) is 16.1. The second kappa shape index (κ2) is 9.39. The molecule has 1 heteroatoms. The van der Waals surface area contributed by atoms with Crippen LogP contribution in [0.4, 0.5) is 0 Å². The van der Waals surface area contributed by atoms with E-state index >= 15 is 0 Å². The van der Waals surface area contributed by atoms with Crippen molar-refractivity contribution in [2.75, 3.05) is 0 Å².